The molecule has 28 heteroatoms. The van der Waals surface area contributed by atoms with Crippen LogP contribution in [0.15, 0.2) is 170 Å². The van der Waals surface area contributed by atoms with E-state index in [4.69, 9.17) is 0 Å². The fraction of sp³-hybridized carbons (Fsp3) is 0. The lowest BCUT2D eigenvalue weighted by molar-refractivity contribution is 0.470. The fourth-order valence-electron chi connectivity index (χ4n) is 6.92. The minimum atomic E-state index is -4.98. The monoisotopic (exact) mass is 1020 g/mol. The molecule has 0 aromatic heterocycles. The topological polar surface area (TPSA) is 386 Å². The lowest BCUT2D eigenvalue weighted by Gasteiger charge is -2.10. The smallest absolute Gasteiger partial charge is 0.294 e. The predicted molar refractivity (Wildman–Crippen MR) is 241 cm³/mol. The van der Waals surface area contributed by atoms with E-state index in [0.29, 0.717) is 6.07 Å². The molecule has 7 N–H and O–H groups in total. The number of hydrogen-bond donors (Lipinski definition) is 7. The van der Waals surface area contributed by atoms with Gasteiger partial charge >= 0.3 is 0 Å². The Morgan fingerprint density at radius 2 is 0.588 bits per heavy atom. The van der Waals surface area contributed by atoms with Crippen molar-refractivity contribution in [3.63, 3.8) is 0 Å². The Bertz CT molecular complexity index is 4200. The third kappa shape index (κ3) is 9.48. The SMILES string of the molecule is O=S(=O)(O)c1cc(O)c2c(N=Nc3ccc(N=Nc4ccc(N=Nc5ccc(O)c6cc(S(=O)(=O)O)ccc56)c5cc(S(=O)(=O)O)ccc45)c4cc(S(=O)(=O)O)ccc34)cc(S(=O)(=O)O)cc2c1. The summed E-state index contributed by atoms with van der Waals surface area (Å²) in [5, 5.41) is 46.4. The van der Waals surface area contributed by atoms with Crippen LogP contribution in [0.1, 0.15) is 0 Å². The molecule has 8 aromatic rings. The van der Waals surface area contributed by atoms with Gasteiger partial charge in [0.2, 0.25) is 0 Å². The molecule has 0 saturated carbocycles. The van der Waals surface area contributed by atoms with Gasteiger partial charge < -0.3 is 10.2 Å². The van der Waals surface area contributed by atoms with Crippen LogP contribution in [0.25, 0.3) is 43.1 Å². The van der Waals surface area contributed by atoms with Crippen molar-refractivity contribution in [2.75, 3.05) is 0 Å². The van der Waals surface area contributed by atoms with Gasteiger partial charge in [0.25, 0.3) is 50.6 Å². The summed E-state index contributed by atoms with van der Waals surface area (Å²) in [6.07, 6.45) is 0. The number of phenols is 2. The lowest BCUT2D eigenvalue weighted by Crippen LogP contribution is -2.00. The van der Waals surface area contributed by atoms with Crippen LogP contribution in [0.3, 0.4) is 0 Å². The number of hydrogen-bond acceptors (Lipinski definition) is 18. The summed E-state index contributed by atoms with van der Waals surface area (Å²) in [6, 6.07) is 21.0. The zero-order chi connectivity index (χ0) is 49.3. The third-order valence-electron chi connectivity index (χ3n) is 10.1. The van der Waals surface area contributed by atoms with Crippen molar-refractivity contribution in [2.24, 2.45) is 30.7 Å². The summed E-state index contributed by atoms with van der Waals surface area (Å²) in [5.41, 5.74) is -0.355. The molecule has 23 nitrogen and oxygen atoms in total. The van der Waals surface area contributed by atoms with Gasteiger partial charge in [-0.1, -0.05) is 18.2 Å². The molecule has 0 atom stereocenters. The van der Waals surface area contributed by atoms with E-state index >= 15 is 0 Å². The Morgan fingerprint density at radius 1 is 0.279 bits per heavy atom. The highest BCUT2D eigenvalue weighted by atomic mass is 32.2. The maximum atomic E-state index is 12.3. The first-order valence-corrected chi connectivity index (χ1v) is 25.7. The minimum Gasteiger partial charge on any atom is -0.507 e. The van der Waals surface area contributed by atoms with Gasteiger partial charge in [0.15, 0.2) is 0 Å². The lowest BCUT2D eigenvalue weighted by atomic mass is 10.1. The number of aromatic hydroxyl groups is 2. The molecule has 0 aliphatic heterocycles. The Kier molecular flexibility index (Phi) is 11.7. The van der Waals surface area contributed by atoms with Gasteiger partial charge in [0.05, 0.1) is 64.0 Å². The summed E-state index contributed by atoms with van der Waals surface area (Å²) in [5.74, 6) is -1.13. The maximum Gasteiger partial charge on any atom is 0.294 e. The molecule has 0 saturated heterocycles. The molecule has 0 aliphatic rings. The summed E-state index contributed by atoms with van der Waals surface area (Å²) >= 11 is 0. The van der Waals surface area contributed by atoms with E-state index < -0.39 is 86.5 Å². The number of azo groups is 3. The van der Waals surface area contributed by atoms with E-state index in [1.54, 1.807) is 0 Å². The number of benzene rings is 8. The average molecular weight is 1020 g/mol. The minimum absolute atomic E-state index is 0.00305. The molecule has 0 fully saturated rings. The van der Waals surface area contributed by atoms with Gasteiger partial charge in [-0.25, -0.2) is 0 Å². The van der Waals surface area contributed by atoms with E-state index in [9.17, 15) is 75.1 Å². The molecule has 0 unspecified atom stereocenters. The molecule has 0 spiro atoms. The van der Waals surface area contributed by atoms with E-state index in [-0.39, 0.29) is 77.3 Å². The highest BCUT2D eigenvalue weighted by Gasteiger charge is 2.21. The second-order valence-corrected chi connectivity index (χ2v) is 21.5. The zero-order valence-corrected chi connectivity index (χ0v) is 37.5. The van der Waals surface area contributed by atoms with Gasteiger partial charge in [-0.3, -0.25) is 22.8 Å². The molecular weight excluding hydrogens is 997 g/mol. The number of nitrogens with zero attached hydrogens (tertiary/aromatic N) is 6. The highest BCUT2D eigenvalue weighted by molar-refractivity contribution is 7.86. The first-order valence-electron chi connectivity index (χ1n) is 18.5. The molecular formula is C40H26N6O17S5. The summed E-state index contributed by atoms with van der Waals surface area (Å²) in [6.45, 7) is 0. The molecule has 68 heavy (non-hydrogen) atoms. The van der Waals surface area contributed by atoms with Crippen LogP contribution in [0, 0.1) is 0 Å². The van der Waals surface area contributed by atoms with Crippen molar-refractivity contribution in [2.45, 2.75) is 24.5 Å². The Labute approximate surface area is 382 Å². The largest absolute Gasteiger partial charge is 0.507 e. The molecule has 0 heterocycles. The standard InChI is InChI=1S/C40H26N6O17S5/c47-38-12-11-34(28-6-3-23(17-31(28)38)66(55,56)57)42-45-36-9-7-32(26-4-1-21(15-29(26)36)64(49,50)51)41-44-35-10-8-33(27-5-2-22(16-30(27)35)65(52,53)54)43-46-37-18-24(67(58,59)60)13-20-14-25(68(61,62)63)19-39(48)40(20)37/h1-19,47-48H,(H,49,50,51)(H,52,53,54)(H,55,56,57)(H,58,59,60)(H,61,62,63). The molecule has 8 rings (SSSR count). The second kappa shape index (κ2) is 16.8. The van der Waals surface area contributed by atoms with Gasteiger partial charge in [-0.2, -0.15) is 42.1 Å². The van der Waals surface area contributed by atoms with E-state index in [2.05, 4.69) is 30.7 Å². The Morgan fingerprint density at radius 3 is 0.971 bits per heavy atom. The predicted octanol–water partition coefficient (Wildman–Crippen LogP) is 9.19. The van der Waals surface area contributed by atoms with Crippen LogP contribution in [-0.2, 0) is 50.6 Å². The summed E-state index contributed by atoms with van der Waals surface area (Å²) < 4.78 is 169. The fourth-order valence-corrected chi connectivity index (χ4v) is 9.52. The van der Waals surface area contributed by atoms with Crippen molar-refractivity contribution in [1.29, 1.82) is 0 Å². The van der Waals surface area contributed by atoms with E-state index in [1.165, 1.54) is 54.6 Å². The van der Waals surface area contributed by atoms with Crippen LogP contribution in [-0.4, -0.2) is 75.1 Å². The van der Waals surface area contributed by atoms with Crippen molar-refractivity contribution in [3.05, 3.63) is 115 Å². The summed E-state index contributed by atoms with van der Waals surface area (Å²) in [4.78, 5) is -3.26. The normalized spacial score (nSPS) is 13.3. The van der Waals surface area contributed by atoms with Crippen molar-refractivity contribution in [3.8, 4) is 11.5 Å². The molecule has 0 aliphatic carbocycles. The maximum absolute atomic E-state index is 12.3. The second-order valence-electron chi connectivity index (χ2n) is 14.4. The quantitative estimate of drug-likeness (QED) is 0.0468. The van der Waals surface area contributed by atoms with E-state index in [0.717, 1.165) is 54.6 Å². The van der Waals surface area contributed by atoms with Crippen LogP contribution in [0.5, 0.6) is 11.5 Å². The summed E-state index contributed by atoms with van der Waals surface area (Å²) in [7, 11) is -24.1. The Balaban J connectivity index is 1.24. The number of phenolic OH excluding ortho intramolecular Hbond substituents is 2. The average Bonchev–Trinajstić information content (AvgIpc) is 3.25. The molecule has 8 aromatic carbocycles. The van der Waals surface area contributed by atoms with Crippen molar-refractivity contribution >= 4 is 128 Å². The van der Waals surface area contributed by atoms with Crippen molar-refractivity contribution < 1.29 is 75.1 Å². The first kappa shape index (κ1) is 47.3. The van der Waals surface area contributed by atoms with Gasteiger partial charge in [-0.15, -0.1) is 30.7 Å². The van der Waals surface area contributed by atoms with Gasteiger partial charge in [-0.05, 0) is 96.4 Å². The van der Waals surface area contributed by atoms with Gasteiger partial charge in [0, 0.05) is 38.4 Å². The highest BCUT2D eigenvalue weighted by Crippen LogP contribution is 2.43. The third-order valence-corrected chi connectivity index (χ3v) is 14.3. The molecule has 0 bridgehead atoms. The molecule has 0 radical (unpaired) electrons. The Hall–Kier alpha value is -7.25. The molecule has 0 amide bonds. The van der Waals surface area contributed by atoms with E-state index in [1.807, 2.05) is 0 Å². The van der Waals surface area contributed by atoms with Crippen LogP contribution >= 0.6 is 0 Å². The first-order chi connectivity index (χ1) is 31.7. The van der Waals surface area contributed by atoms with Crippen molar-refractivity contribution in [1.82, 2.24) is 0 Å². The zero-order valence-electron chi connectivity index (χ0n) is 33.4. The van der Waals surface area contributed by atoms with Crippen LogP contribution < -0.4 is 0 Å². The number of rotatable bonds is 11. The van der Waals surface area contributed by atoms with Crippen LogP contribution in [0.4, 0.5) is 34.1 Å². The molecule has 348 valence electrons. The van der Waals surface area contributed by atoms with Gasteiger partial charge in [0.1, 0.15) is 11.5 Å². The number of fused-ring (bicyclic) bond motifs is 4. The van der Waals surface area contributed by atoms with Crippen LogP contribution in [0.2, 0.25) is 0 Å².